The lowest BCUT2D eigenvalue weighted by atomic mass is 10.0. The van der Waals surface area contributed by atoms with Crippen molar-refractivity contribution >= 4 is 41.4 Å². The number of imide groups is 1. The lowest BCUT2D eigenvalue weighted by Crippen LogP contribution is -2.52. The Labute approximate surface area is 208 Å². The van der Waals surface area contributed by atoms with Crippen molar-refractivity contribution in [3.8, 4) is 0 Å². The van der Waals surface area contributed by atoms with Gasteiger partial charge in [0.05, 0.1) is 0 Å². The zero-order valence-electron chi connectivity index (χ0n) is 19.7. The molecule has 2 fully saturated rings. The molecule has 0 aliphatic carbocycles. The van der Waals surface area contributed by atoms with E-state index in [2.05, 4.69) is 16.0 Å². The van der Waals surface area contributed by atoms with Crippen molar-refractivity contribution in [2.45, 2.75) is 44.3 Å². The molecule has 2 aromatic rings. The second-order valence-electron chi connectivity index (χ2n) is 9.28. The minimum absolute atomic E-state index is 0.0443. The molecule has 5 amide bonds. The summed E-state index contributed by atoms with van der Waals surface area (Å²) in [6, 6.07) is 11.8. The van der Waals surface area contributed by atoms with Crippen LogP contribution in [0.1, 0.15) is 52.0 Å². The summed E-state index contributed by atoms with van der Waals surface area (Å²) in [6.07, 6.45) is 2.66. The Morgan fingerprint density at radius 3 is 2.44 bits per heavy atom. The van der Waals surface area contributed by atoms with Crippen molar-refractivity contribution in [2.75, 3.05) is 23.7 Å². The van der Waals surface area contributed by atoms with Crippen LogP contribution in [0.15, 0.2) is 42.5 Å². The summed E-state index contributed by atoms with van der Waals surface area (Å²) in [5.74, 6) is -0.969. The molecule has 3 aliphatic heterocycles. The van der Waals surface area contributed by atoms with Crippen LogP contribution in [-0.2, 0) is 20.9 Å². The first kappa shape index (κ1) is 23.5. The highest BCUT2D eigenvalue weighted by molar-refractivity contribution is 6.06. The van der Waals surface area contributed by atoms with Gasteiger partial charge in [0.2, 0.25) is 18.2 Å². The summed E-state index contributed by atoms with van der Waals surface area (Å²) < 4.78 is 0. The van der Waals surface area contributed by atoms with Crippen LogP contribution < -0.4 is 16.0 Å². The van der Waals surface area contributed by atoms with Gasteiger partial charge in [-0.3, -0.25) is 29.3 Å². The number of hydrogen-bond acceptors (Lipinski definition) is 6. The topological polar surface area (TPSA) is 128 Å². The zero-order valence-corrected chi connectivity index (χ0v) is 19.7. The van der Waals surface area contributed by atoms with Crippen molar-refractivity contribution in [1.82, 2.24) is 15.1 Å². The molecule has 0 bridgehead atoms. The maximum atomic E-state index is 13.0. The molecule has 3 aliphatic rings. The van der Waals surface area contributed by atoms with Gasteiger partial charge in [-0.2, -0.15) is 0 Å². The lowest BCUT2D eigenvalue weighted by Gasteiger charge is -2.33. The number of rotatable bonds is 6. The van der Waals surface area contributed by atoms with Crippen LogP contribution in [0.5, 0.6) is 0 Å². The van der Waals surface area contributed by atoms with Gasteiger partial charge >= 0.3 is 0 Å². The number of carbonyl (C=O) groups excluding carboxylic acids is 5. The van der Waals surface area contributed by atoms with Crippen molar-refractivity contribution in [1.29, 1.82) is 0 Å². The Morgan fingerprint density at radius 1 is 1.00 bits per heavy atom. The molecule has 0 spiro atoms. The summed E-state index contributed by atoms with van der Waals surface area (Å²) in [7, 11) is 0. The quantitative estimate of drug-likeness (QED) is 0.419. The molecule has 5 rings (SSSR count). The highest BCUT2D eigenvalue weighted by atomic mass is 16.2. The van der Waals surface area contributed by atoms with E-state index < -0.39 is 11.9 Å². The molecule has 10 nitrogen and oxygen atoms in total. The van der Waals surface area contributed by atoms with E-state index in [9.17, 15) is 24.0 Å². The molecule has 186 valence electrons. The van der Waals surface area contributed by atoms with Crippen molar-refractivity contribution in [3.63, 3.8) is 0 Å². The number of carbonyl (C=O) groups is 5. The molecule has 3 heterocycles. The number of piperidine rings is 2. The summed E-state index contributed by atoms with van der Waals surface area (Å²) in [6.45, 7) is 1.51. The maximum Gasteiger partial charge on any atom is 0.255 e. The van der Waals surface area contributed by atoms with Gasteiger partial charge in [0.15, 0.2) is 0 Å². The second-order valence-corrected chi connectivity index (χ2v) is 9.28. The summed E-state index contributed by atoms with van der Waals surface area (Å²) in [5.41, 5.74) is 3.50. The van der Waals surface area contributed by atoms with Gasteiger partial charge in [-0.15, -0.1) is 0 Å². The normalized spacial score (nSPS) is 20.1. The first-order chi connectivity index (χ1) is 17.4. The third-order valence-corrected chi connectivity index (χ3v) is 7.08. The van der Waals surface area contributed by atoms with Crippen LogP contribution in [-0.4, -0.2) is 65.0 Å². The monoisotopic (exact) mass is 489 g/mol. The summed E-state index contributed by atoms with van der Waals surface area (Å²) in [5, 5.41) is 8.44. The van der Waals surface area contributed by atoms with Crippen LogP contribution in [0.25, 0.3) is 0 Å². The smallest absolute Gasteiger partial charge is 0.255 e. The Balaban J connectivity index is 1.21. The highest BCUT2D eigenvalue weighted by Crippen LogP contribution is 2.33. The average molecular weight is 490 g/mol. The molecule has 0 aromatic heterocycles. The number of likely N-dealkylation sites (tertiary alicyclic amines) is 1. The first-order valence-electron chi connectivity index (χ1n) is 12.1. The Hall–Kier alpha value is -4.21. The van der Waals surface area contributed by atoms with Crippen molar-refractivity contribution in [3.05, 3.63) is 59.2 Å². The zero-order chi connectivity index (χ0) is 25.2. The molecule has 2 aromatic carbocycles. The van der Waals surface area contributed by atoms with Crippen LogP contribution in [0.3, 0.4) is 0 Å². The third-order valence-electron chi connectivity index (χ3n) is 7.08. The van der Waals surface area contributed by atoms with E-state index in [1.807, 2.05) is 17.0 Å². The molecule has 1 unspecified atom stereocenters. The van der Waals surface area contributed by atoms with E-state index in [0.29, 0.717) is 49.3 Å². The molecule has 0 saturated carbocycles. The molecule has 1 atom stereocenters. The van der Waals surface area contributed by atoms with E-state index in [0.717, 1.165) is 24.1 Å². The van der Waals surface area contributed by atoms with Gasteiger partial charge in [-0.05, 0) is 55.7 Å². The van der Waals surface area contributed by atoms with Gasteiger partial charge in [0, 0.05) is 60.2 Å². The molecular weight excluding hydrogens is 462 g/mol. The van der Waals surface area contributed by atoms with Crippen LogP contribution in [0.4, 0.5) is 11.4 Å². The van der Waals surface area contributed by atoms with Gasteiger partial charge in [-0.25, -0.2) is 0 Å². The van der Waals surface area contributed by atoms with Crippen LogP contribution in [0, 0.1) is 0 Å². The number of nitrogens with one attached hydrogen (secondary N) is 3. The number of amides is 5. The fourth-order valence-electron chi connectivity index (χ4n) is 5.13. The van der Waals surface area contributed by atoms with Crippen LogP contribution in [0.2, 0.25) is 0 Å². The summed E-state index contributed by atoms with van der Waals surface area (Å²) in [4.78, 5) is 63.7. The minimum Gasteiger partial charge on any atom is -0.382 e. The van der Waals surface area contributed by atoms with E-state index in [1.54, 1.807) is 35.2 Å². The fourth-order valence-corrected chi connectivity index (χ4v) is 5.13. The fraction of sp³-hybridized carbons (Fsp3) is 0.346. The standard InChI is InChI=1S/C26H27N5O5/c32-15-27-17-6-4-16(5-7-17)25(35)30-12-10-18(11-13-30)28-21-3-1-2-19-20(21)14-31(26(19)36)22-8-9-23(33)29-24(22)34/h1-7,15,18,22,28H,8-14H2,(H,27,32)(H,29,33,34). The van der Waals surface area contributed by atoms with Gasteiger partial charge in [-0.1, -0.05) is 6.07 Å². The molecule has 0 radical (unpaired) electrons. The Kier molecular flexibility index (Phi) is 6.41. The van der Waals surface area contributed by atoms with E-state index in [4.69, 9.17) is 0 Å². The number of anilines is 2. The SMILES string of the molecule is O=CNc1ccc(C(=O)N2CCC(Nc3cccc4c3CN(C3CCC(=O)NC3=O)C4=O)CC2)cc1. The van der Waals surface area contributed by atoms with Gasteiger partial charge in [0.25, 0.3) is 11.8 Å². The van der Waals surface area contributed by atoms with E-state index in [-0.39, 0.29) is 30.2 Å². The van der Waals surface area contributed by atoms with Gasteiger partial charge in [0.1, 0.15) is 6.04 Å². The molecule has 10 heteroatoms. The van der Waals surface area contributed by atoms with Crippen molar-refractivity contribution < 1.29 is 24.0 Å². The Morgan fingerprint density at radius 2 is 1.75 bits per heavy atom. The number of fused-ring (bicyclic) bond motifs is 1. The highest BCUT2D eigenvalue weighted by Gasteiger charge is 2.40. The molecular formula is C26H27N5O5. The largest absolute Gasteiger partial charge is 0.382 e. The molecule has 36 heavy (non-hydrogen) atoms. The average Bonchev–Trinajstić information content (AvgIpc) is 3.22. The predicted molar refractivity (Wildman–Crippen MR) is 131 cm³/mol. The van der Waals surface area contributed by atoms with E-state index in [1.165, 1.54) is 0 Å². The first-order valence-corrected chi connectivity index (χ1v) is 12.1. The summed E-state index contributed by atoms with van der Waals surface area (Å²) >= 11 is 0. The predicted octanol–water partition coefficient (Wildman–Crippen LogP) is 1.73. The van der Waals surface area contributed by atoms with Gasteiger partial charge < -0.3 is 20.4 Å². The second kappa shape index (κ2) is 9.80. The van der Waals surface area contributed by atoms with Crippen molar-refractivity contribution in [2.24, 2.45) is 0 Å². The lowest BCUT2D eigenvalue weighted by molar-refractivity contribution is -0.136. The van der Waals surface area contributed by atoms with E-state index >= 15 is 0 Å². The maximum absolute atomic E-state index is 13.0. The number of hydrogen-bond donors (Lipinski definition) is 3. The number of nitrogens with zero attached hydrogens (tertiary/aromatic N) is 2. The Bertz CT molecular complexity index is 1220. The van der Waals surface area contributed by atoms with Crippen LogP contribution >= 0.6 is 0 Å². The molecule has 2 saturated heterocycles. The third kappa shape index (κ3) is 4.53. The minimum atomic E-state index is -0.645. The number of benzene rings is 2. The molecule has 3 N–H and O–H groups in total.